The minimum absolute atomic E-state index is 0.0241. The van der Waals surface area contributed by atoms with Crippen molar-refractivity contribution in [3.05, 3.63) is 0 Å². The molecular weight excluding hydrogens is 210 g/mol. The molecule has 0 aromatic rings. The maximum atomic E-state index is 11.4. The lowest BCUT2D eigenvalue weighted by Gasteiger charge is -2.15. The van der Waals surface area contributed by atoms with E-state index in [1.165, 1.54) is 7.11 Å². The van der Waals surface area contributed by atoms with Crippen molar-refractivity contribution in [1.29, 1.82) is 0 Å². The molecule has 0 saturated carbocycles. The summed E-state index contributed by atoms with van der Waals surface area (Å²) >= 11 is 0. The predicted octanol–water partition coefficient (Wildman–Crippen LogP) is 0.317. The maximum Gasteiger partial charge on any atom is 0.322 e. The number of esters is 1. The molecule has 0 heterocycles. The van der Waals surface area contributed by atoms with Gasteiger partial charge in [-0.15, -0.1) is 0 Å². The monoisotopic (exact) mass is 233 g/mol. The first-order valence-corrected chi connectivity index (χ1v) is 5.76. The van der Waals surface area contributed by atoms with Gasteiger partial charge < -0.3 is 19.9 Å². The second-order valence-electron chi connectivity index (χ2n) is 3.51. The summed E-state index contributed by atoms with van der Waals surface area (Å²) in [7, 11) is 1.39. The van der Waals surface area contributed by atoms with Crippen LogP contribution in [0.15, 0.2) is 0 Å². The van der Waals surface area contributed by atoms with Crippen molar-refractivity contribution in [2.45, 2.75) is 32.2 Å². The van der Waals surface area contributed by atoms with Crippen LogP contribution in [0.3, 0.4) is 0 Å². The van der Waals surface area contributed by atoms with E-state index in [4.69, 9.17) is 14.6 Å². The average molecular weight is 233 g/mol. The molecule has 0 saturated heterocycles. The van der Waals surface area contributed by atoms with Crippen molar-refractivity contribution in [3.63, 3.8) is 0 Å². The molecule has 5 nitrogen and oxygen atoms in total. The number of carbonyl (C=O) groups is 1. The Labute approximate surface area is 97.1 Å². The van der Waals surface area contributed by atoms with E-state index in [1.54, 1.807) is 0 Å². The third kappa shape index (κ3) is 7.62. The second kappa shape index (κ2) is 10.9. The zero-order valence-electron chi connectivity index (χ0n) is 10.2. The first kappa shape index (κ1) is 15.3. The van der Waals surface area contributed by atoms with Gasteiger partial charge in [0.2, 0.25) is 0 Å². The fraction of sp³-hybridized carbons (Fsp3) is 0.909. The minimum Gasteiger partial charge on any atom is -0.468 e. The number of aliphatic hydroxyl groups is 1. The highest BCUT2D eigenvalue weighted by Crippen LogP contribution is 2.02. The van der Waals surface area contributed by atoms with Crippen molar-refractivity contribution in [1.82, 2.24) is 5.32 Å². The number of hydrogen-bond acceptors (Lipinski definition) is 5. The molecule has 0 radical (unpaired) electrons. The Hall–Kier alpha value is -0.650. The zero-order valence-corrected chi connectivity index (χ0v) is 10.2. The molecule has 0 fully saturated rings. The van der Waals surface area contributed by atoms with Gasteiger partial charge in [0.15, 0.2) is 0 Å². The largest absolute Gasteiger partial charge is 0.468 e. The molecule has 16 heavy (non-hydrogen) atoms. The molecule has 96 valence electrons. The normalized spacial score (nSPS) is 12.4. The van der Waals surface area contributed by atoms with E-state index < -0.39 is 0 Å². The molecule has 0 amide bonds. The van der Waals surface area contributed by atoms with Crippen molar-refractivity contribution in [2.75, 3.05) is 33.5 Å². The quantitative estimate of drug-likeness (QED) is 0.420. The molecule has 0 aromatic carbocycles. The summed E-state index contributed by atoms with van der Waals surface area (Å²) in [6.45, 7) is 3.51. The van der Waals surface area contributed by atoms with E-state index in [2.05, 4.69) is 12.2 Å². The fourth-order valence-electron chi connectivity index (χ4n) is 1.33. The molecule has 0 aromatic heterocycles. The van der Waals surface area contributed by atoms with Gasteiger partial charge in [0.05, 0.1) is 26.9 Å². The number of nitrogens with one attached hydrogen (secondary N) is 1. The fourth-order valence-corrected chi connectivity index (χ4v) is 1.33. The van der Waals surface area contributed by atoms with Gasteiger partial charge in [-0.1, -0.05) is 19.8 Å². The SMILES string of the molecule is CCCCC(NCCOCCO)C(=O)OC. The first-order valence-electron chi connectivity index (χ1n) is 5.76. The summed E-state index contributed by atoms with van der Waals surface area (Å²) in [6.07, 6.45) is 2.82. The van der Waals surface area contributed by atoms with E-state index in [0.717, 1.165) is 19.3 Å². The van der Waals surface area contributed by atoms with Crippen LogP contribution in [0.5, 0.6) is 0 Å². The van der Waals surface area contributed by atoms with Crippen LogP contribution in [-0.4, -0.2) is 50.6 Å². The molecule has 0 bridgehead atoms. The van der Waals surface area contributed by atoms with Crippen LogP contribution in [0.1, 0.15) is 26.2 Å². The average Bonchev–Trinajstić information content (AvgIpc) is 2.31. The highest BCUT2D eigenvalue weighted by atomic mass is 16.5. The van der Waals surface area contributed by atoms with Crippen LogP contribution in [-0.2, 0) is 14.3 Å². The number of unbranched alkanes of at least 4 members (excludes halogenated alkanes) is 1. The molecule has 0 aliphatic rings. The molecule has 0 aliphatic carbocycles. The number of aliphatic hydroxyl groups excluding tert-OH is 1. The predicted molar refractivity (Wildman–Crippen MR) is 61.2 cm³/mol. The Morgan fingerprint density at radius 3 is 2.75 bits per heavy atom. The van der Waals surface area contributed by atoms with Gasteiger partial charge in [-0.3, -0.25) is 4.79 Å². The summed E-state index contributed by atoms with van der Waals surface area (Å²) < 4.78 is 9.79. The lowest BCUT2D eigenvalue weighted by atomic mass is 10.1. The van der Waals surface area contributed by atoms with Gasteiger partial charge in [0.25, 0.3) is 0 Å². The Bertz CT molecular complexity index is 175. The van der Waals surface area contributed by atoms with Crippen LogP contribution in [0.2, 0.25) is 0 Å². The van der Waals surface area contributed by atoms with Crippen molar-refractivity contribution >= 4 is 5.97 Å². The molecule has 1 unspecified atom stereocenters. The highest BCUT2D eigenvalue weighted by Gasteiger charge is 2.16. The lowest BCUT2D eigenvalue weighted by Crippen LogP contribution is -2.39. The van der Waals surface area contributed by atoms with Gasteiger partial charge in [-0.2, -0.15) is 0 Å². The smallest absolute Gasteiger partial charge is 0.322 e. The van der Waals surface area contributed by atoms with E-state index in [-0.39, 0.29) is 18.6 Å². The minimum atomic E-state index is -0.248. The Morgan fingerprint density at radius 1 is 1.44 bits per heavy atom. The zero-order chi connectivity index (χ0) is 12.2. The van der Waals surface area contributed by atoms with Crippen LogP contribution in [0.25, 0.3) is 0 Å². The van der Waals surface area contributed by atoms with Gasteiger partial charge in [0.1, 0.15) is 6.04 Å². The van der Waals surface area contributed by atoms with Crippen LogP contribution < -0.4 is 5.32 Å². The number of ether oxygens (including phenoxy) is 2. The van der Waals surface area contributed by atoms with Gasteiger partial charge in [-0.25, -0.2) is 0 Å². The summed E-state index contributed by atoms with van der Waals surface area (Å²) in [5, 5.41) is 11.6. The van der Waals surface area contributed by atoms with Crippen LogP contribution in [0.4, 0.5) is 0 Å². The number of methoxy groups -OCH3 is 1. The van der Waals surface area contributed by atoms with Crippen LogP contribution >= 0.6 is 0 Å². The number of hydrogen-bond donors (Lipinski definition) is 2. The molecule has 0 rings (SSSR count). The van der Waals surface area contributed by atoms with Crippen molar-refractivity contribution < 1.29 is 19.4 Å². The van der Waals surface area contributed by atoms with E-state index >= 15 is 0 Å². The summed E-state index contributed by atoms with van der Waals surface area (Å²) in [4.78, 5) is 11.4. The van der Waals surface area contributed by atoms with E-state index in [1.807, 2.05) is 0 Å². The summed E-state index contributed by atoms with van der Waals surface area (Å²) in [5.74, 6) is -0.226. The Morgan fingerprint density at radius 2 is 2.19 bits per heavy atom. The van der Waals surface area contributed by atoms with Gasteiger partial charge >= 0.3 is 5.97 Å². The lowest BCUT2D eigenvalue weighted by molar-refractivity contribution is -0.143. The molecule has 0 spiro atoms. The maximum absolute atomic E-state index is 11.4. The topological polar surface area (TPSA) is 67.8 Å². The second-order valence-corrected chi connectivity index (χ2v) is 3.51. The summed E-state index contributed by atoms with van der Waals surface area (Å²) in [5.41, 5.74) is 0. The van der Waals surface area contributed by atoms with Crippen molar-refractivity contribution in [3.8, 4) is 0 Å². The third-order valence-electron chi connectivity index (χ3n) is 2.20. The van der Waals surface area contributed by atoms with E-state index in [0.29, 0.717) is 19.8 Å². The van der Waals surface area contributed by atoms with Gasteiger partial charge in [-0.05, 0) is 6.42 Å². The number of carbonyl (C=O) groups excluding carboxylic acids is 1. The highest BCUT2D eigenvalue weighted by molar-refractivity contribution is 5.75. The van der Waals surface area contributed by atoms with Crippen molar-refractivity contribution in [2.24, 2.45) is 0 Å². The van der Waals surface area contributed by atoms with Gasteiger partial charge in [0, 0.05) is 6.54 Å². The molecule has 0 aliphatic heterocycles. The van der Waals surface area contributed by atoms with E-state index in [9.17, 15) is 4.79 Å². The molecule has 2 N–H and O–H groups in total. The first-order chi connectivity index (χ1) is 7.76. The molecule has 1 atom stereocenters. The standard InChI is InChI=1S/C11H23NO4/c1-3-4-5-10(11(14)15-2)12-6-8-16-9-7-13/h10,12-13H,3-9H2,1-2H3. The Balaban J connectivity index is 3.69. The molecule has 5 heteroatoms. The molecular formula is C11H23NO4. The Kier molecular flexibility index (Phi) is 10.4. The third-order valence-corrected chi connectivity index (χ3v) is 2.20. The van der Waals surface area contributed by atoms with Crippen LogP contribution in [0, 0.1) is 0 Å². The number of rotatable bonds is 10. The summed E-state index contributed by atoms with van der Waals surface area (Å²) in [6, 6.07) is -0.248.